The number of halogens is 3. The van der Waals surface area contributed by atoms with Crippen LogP contribution in [-0.2, 0) is 0 Å². The lowest BCUT2D eigenvalue weighted by atomic mass is 10.0. The molecule has 0 amide bonds. The second-order valence-electron chi connectivity index (χ2n) is 3.52. The average molecular weight is 238 g/mol. The van der Waals surface area contributed by atoms with Crippen molar-refractivity contribution in [2.24, 2.45) is 0 Å². The Balaban J connectivity index is 2.64. The van der Waals surface area contributed by atoms with E-state index in [9.17, 15) is 8.78 Å². The van der Waals surface area contributed by atoms with Crippen LogP contribution in [0.25, 0.3) is 11.1 Å². The van der Waals surface area contributed by atoms with Gasteiger partial charge in [-0.25, -0.2) is 8.78 Å². The van der Waals surface area contributed by atoms with Crippen molar-refractivity contribution in [1.29, 1.82) is 0 Å². The molecule has 1 radical (unpaired) electrons. The van der Waals surface area contributed by atoms with Crippen LogP contribution < -0.4 is 0 Å². The molecule has 0 saturated carbocycles. The Morgan fingerprint density at radius 3 is 2.31 bits per heavy atom. The van der Waals surface area contributed by atoms with Crippen molar-refractivity contribution in [2.75, 3.05) is 0 Å². The topological polar surface area (TPSA) is 0 Å². The molecule has 16 heavy (non-hydrogen) atoms. The van der Waals surface area contributed by atoms with Crippen LogP contribution in [-0.4, -0.2) is 0 Å². The van der Waals surface area contributed by atoms with E-state index in [1.807, 2.05) is 0 Å². The molecule has 2 rings (SSSR count). The summed E-state index contributed by atoms with van der Waals surface area (Å²) in [6, 6.07) is 9.96. The van der Waals surface area contributed by atoms with Gasteiger partial charge in [-0.1, -0.05) is 17.7 Å². The number of hydrogen-bond donors (Lipinski definition) is 0. The first-order chi connectivity index (χ1) is 7.58. The fourth-order valence-electron chi connectivity index (χ4n) is 1.54. The highest BCUT2D eigenvalue weighted by atomic mass is 35.5. The molecule has 0 bridgehead atoms. The monoisotopic (exact) mass is 237 g/mol. The van der Waals surface area contributed by atoms with Gasteiger partial charge in [-0.15, -0.1) is 0 Å². The predicted molar refractivity (Wildman–Crippen MR) is 60.4 cm³/mol. The first-order valence-electron chi connectivity index (χ1n) is 4.71. The Hall–Kier alpha value is -1.41. The molecule has 0 N–H and O–H groups in total. The Kier molecular flexibility index (Phi) is 2.92. The van der Waals surface area contributed by atoms with Crippen LogP contribution in [0.1, 0.15) is 5.56 Å². The summed E-state index contributed by atoms with van der Waals surface area (Å²) in [5, 5.41) is 0.424. The third kappa shape index (κ3) is 2.07. The average Bonchev–Trinajstić information content (AvgIpc) is 2.15. The van der Waals surface area contributed by atoms with E-state index in [0.717, 1.165) is 0 Å². The third-order valence-electron chi connectivity index (χ3n) is 2.22. The summed E-state index contributed by atoms with van der Waals surface area (Å²) in [7, 11) is 0. The van der Waals surface area contributed by atoms with E-state index in [2.05, 4.69) is 6.07 Å². The van der Waals surface area contributed by atoms with E-state index >= 15 is 0 Å². The lowest BCUT2D eigenvalue weighted by Crippen LogP contribution is -1.91. The summed E-state index contributed by atoms with van der Waals surface area (Å²) >= 11 is 5.77. The van der Waals surface area contributed by atoms with E-state index in [1.165, 1.54) is 24.3 Å². The Bertz CT molecular complexity index is 512. The minimum atomic E-state index is -0.601. The van der Waals surface area contributed by atoms with E-state index in [0.29, 0.717) is 16.1 Å². The summed E-state index contributed by atoms with van der Waals surface area (Å²) < 4.78 is 27.3. The van der Waals surface area contributed by atoms with E-state index in [1.54, 1.807) is 13.0 Å². The molecule has 81 valence electrons. The Morgan fingerprint density at radius 1 is 1.12 bits per heavy atom. The van der Waals surface area contributed by atoms with Crippen molar-refractivity contribution < 1.29 is 8.78 Å². The van der Waals surface area contributed by atoms with Crippen LogP contribution >= 0.6 is 11.6 Å². The summed E-state index contributed by atoms with van der Waals surface area (Å²) in [5.74, 6) is -1.20. The first kappa shape index (κ1) is 11.1. The molecule has 2 aromatic carbocycles. The van der Waals surface area contributed by atoms with E-state index < -0.39 is 11.6 Å². The van der Waals surface area contributed by atoms with Crippen LogP contribution in [0.5, 0.6) is 0 Å². The Morgan fingerprint density at radius 2 is 1.75 bits per heavy atom. The molecule has 0 heterocycles. The lowest BCUT2D eigenvalue weighted by Gasteiger charge is -2.06. The summed E-state index contributed by atoms with van der Waals surface area (Å²) in [6.45, 7) is 1.64. The smallest absolute Gasteiger partial charge is 0.134 e. The molecule has 0 saturated heterocycles. The molecule has 3 heteroatoms. The molecule has 0 nitrogen and oxygen atoms in total. The van der Waals surface area contributed by atoms with Crippen molar-refractivity contribution >= 4 is 11.6 Å². The molecule has 0 spiro atoms. The van der Waals surface area contributed by atoms with Crippen molar-refractivity contribution in [2.45, 2.75) is 6.92 Å². The fourth-order valence-corrected chi connectivity index (χ4v) is 1.71. The van der Waals surface area contributed by atoms with Crippen LogP contribution in [0.15, 0.2) is 30.3 Å². The highest BCUT2D eigenvalue weighted by Gasteiger charge is 2.12. The zero-order chi connectivity index (χ0) is 11.7. The van der Waals surface area contributed by atoms with Gasteiger partial charge in [-0.3, -0.25) is 0 Å². The van der Waals surface area contributed by atoms with Gasteiger partial charge in [0, 0.05) is 5.02 Å². The molecule has 0 unspecified atom stereocenters. The second kappa shape index (κ2) is 4.22. The zero-order valence-electron chi connectivity index (χ0n) is 8.52. The molecule has 0 aliphatic heterocycles. The maximum absolute atomic E-state index is 13.6. The van der Waals surface area contributed by atoms with Crippen molar-refractivity contribution in [3.8, 4) is 11.1 Å². The van der Waals surface area contributed by atoms with Crippen molar-refractivity contribution in [3.63, 3.8) is 0 Å². The van der Waals surface area contributed by atoms with Gasteiger partial charge >= 0.3 is 0 Å². The normalized spacial score (nSPS) is 10.5. The van der Waals surface area contributed by atoms with Crippen LogP contribution in [0.3, 0.4) is 0 Å². The van der Waals surface area contributed by atoms with E-state index in [-0.39, 0.29) is 5.56 Å². The lowest BCUT2D eigenvalue weighted by molar-refractivity contribution is 0.587. The van der Waals surface area contributed by atoms with Gasteiger partial charge in [0.05, 0.1) is 5.56 Å². The Labute approximate surface area is 97.5 Å². The van der Waals surface area contributed by atoms with Gasteiger partial charge in [-0.2, -0.15) is 0 Å². The summed E-state index contributed by atoms with van der Waals surface area (Å²) in [6.07, 6.45) is 0. The number of benzene rings is 2. The quantitative estimate of drug-likeness (QED) is 0.690. The standard InChI is InChI=1S/C13H8ClF2/c1-8-5-11(15)13(12(16)6-8)9-3-2-4-10(14)7-9/h2,4-7H,1H3. The number of hydrogen-bond acceptors (Lipinski definition) is 0. The largest absolute Gasteiger partial charge is 0.206 e. The molecule has 0 aliphatic rings. The maximum Gasteiger partial charge on any atom is 0.134 e. The molecule has 0 aromatic heterocycles. The van der Waals surface area contributed by atoms with Crippen LogP contribution in [0.2, 0.25) is 5.02 Å². The van der Waals surface area contributed by atoms with Gasteiger partial charge in [0.1, 0.15) is 11.6 Å². The highest BCUT2D eigenvalue weighted by molar-refractivity contribution is 6.30. The number of rotatable bonds is 1. The zero-order valence-corrected chi connectivity index (χ0v) is 9.28. The highest BCUT2D eigenvalue weighted by Crippen LogP contribution is 2.28. The molecule has 0 aliphatic carbocycles. The third-order valence-corrected chi connectivity index (χ3v) is 2.45. The SMILES string of the molecule is Cc1cc(F)c(-c2[c]ccc(Cl)c2)c(F)c1. The van der Waals surface area contributed by atoms with E-state index in [4.69, 9.17) is 11.6 Å². The molecule has 0 atom stereocenters. The van der Waals surface area contributed by atoms with Crippen LogP contribution in [0, 0.1) is 24.6 Å². The molecule has 2 aromatic rings. The minimum absolute atomic E-state index is 0.0897. The summed E-state index contributed by atoms with van der Waals surface area (Å²) in [5.41, 5.74) is 0.774. The fraction of sp³-hybridized carbons (Fsp3) is 0.0769. The molecule has 0 fully saturated rings. The predicted octanol–water partition coefficient (Wildman–Crippen LogP) is 4.39. The number of aryl methyl sites for hydroxylation is 1. The second-order valence-corrected chi connectivity index (χ2v) is 3.96. The molecular formula is C13H8ClF2. The van der Waals surface area contributed by atoms with Gasteiger partial charge in [0.15, 0.2) is 0 Å². The summed E-state index contributed by atoms with van der Waals surface area (Å²) in [4.78, 5) is 0. The minimum Gasteiger partial charge on any atom is -0.206 e. The van der Waals surface area contributed by atoms with Gasteiger partial charge in [-0.05, 0) is 48.4 Å². The van der Waals surface area contributed by atoms with Gasteiger partial charge < -0.3 is 0 Å². The molecular weight excluding hydrogens is 230 g/mol. The van der Waals surface area contributed by atoms with Crippen LogP contribution in [0.4, 0.5) is 8.78 Å². The van der Waals surface area contributed by atoms with Crippen molar-refractivity contribution in [1.82, 2.24) is 0 Å². The maximum atomic E-state index is 13.6. The first-order valence-corrected chi connectivity index (χ1v) is 5.09. The van der Waals surface area contributed by atoms with Gasteiger partial charge in [0.2, 0.25) is 0 Å². The van der Waals surface area contributed by atoms with Crippen molar-refractivity contribution in [3.05, 3.63) is 58.6 Å². The van der Waals surface area contributed by atoms with Gasteiger partial charge in [0.25, 0.3) is 0 Å².